The Morgan fingerprint density at radius 2 is 2.09 bits per heavy atom. The van der Waals surface area contributed by atoms with Crippen LogP contribution in [0.4, 0.5) is 5.82 Å². The molecule has 0 fully saturated rings. The van der Waals surface area contributed by atoms with Gasteiger partial charge in [0.05, 0.1) is 5.69 Å². The van der Waals surface area contributed by atoms with E-state index in [1.807, 2.05) is 0 Å². The second-order valence-electron chi connectivity index (χ2n) is 5.98. The summed E-state index contributed by atoms with van der Waals surface area (Å²) in [6, 6.07) is 3.19. The third kappa shape index (κ3) is 1.99. The van der Waals surface area contributed by atoms with Gasteiger partial charge in [-0.2, -0.15) is 5.10 Å². The van der Waals surface area contributed by atoms with Crippen LogP contribution in [0.3, 0.4) is 0 Å². The zero-order valence-corrected chi connectivity index (χ0v) is 12.2. The van der Waals surface area contributed by atoms with Crippen LogP contribution in [-0.4, -0.2) is 28.3 Å². The number of phenolic OH excluding ortho intramolecular Hbond substituents is 2. The predicted molar refractivity (Wildman–Crippen MR) is 87.9 cm³/mol. The first-order chi connectivity index (χ1) is 10.6. The minimum absolute atomic E-state index is 0.0867. The minimum atomic E-state index is -0.113. The normalized spacial score (nSPS) is 18.7. The molecule has 4 N–H and O–H groups in total. The Morgan fingerprint density at radius 3 is 2.91 bits per heavy atom. The monoisotopic (exact) mass is 293 g/mol. The molecule has 4 rings (SSSR count). The van der Waals surface area contributed by atoms with Gasteiger partial charge in [-0.25, -0.2) is 0 Å². The molecule has 0 radical (unpaired) electrons. The molecule has 2 aliphatic rings. The van der Waals surface area contributed by atoms with Gasteiger partial charge in [0.2, 0.25) is 0 Å². The number of nitrogens with zero attached hydrogens (tertiary/aromatic N) is 1. The fraction of sp³-hybridized carbons (Fsp3) is 0.188. The molecule has 2 aliphatic carbocycles. The Labute approximate surface area is 128 Å². The molecular weight excluding hydrogens is 277 g/mol. The van der Waals surface area contributed by atoms with Crippen molar-refractivity contribution in [3.05, 3.63) is 47.2 Å². The van der Waals surface area contributed by atoms with Crippen LogP contribution in [0.15, 0.2) is 36.1 Å². The molecule has 0 saturated carbocycles. The Morgan fingerprint density at radius 1 is 1.27 bits per heavy atom. The molecule has 6 heteroatoms. The highest BCUT2D eigenvalue weighted by molar-refractivity contribution is 6.13. The SMILES string of the molecule is BC1C=CC=C(Nc2[nH]nc3c2Cc2cc(O)c(O)cc2-3)C1. The molecule has 0 bridgehead atoms. The quantitative estimate of drug-likeness (QED) is 0.431. The van der Waals surface area contributed by atoms with Crippen LogP contribution >= 0.6 is 0 Å². The maximum absolute atomic E-state index is 9.69. The summed E-state index contributed by atoms with van der Waals surface area (Å²) in [5, 5.41) is 30.2. The van der Waals surface area contributed by atoms with Crippen LogP contribution in [0, 0.1) is 0 Å². The number of H-pyrrole nitrogens is 1. The molecule has 0 amide bonds. The highest BCUT2D eigenvalue weighted by atomic mass is 16.3. The van der Waals surface area contributed by atoms with Crippen LogP contribution in [-0.2, 0) is 6.42 Å². The predicted octanol–water partition coefficient (Wildman–Crippen LogP) is 2.07. The fourth-order valence-electron chi connectivity index (χ4n) is 3.14. The number of fused-ring (bicyclic) bond motifs is 3. The van der Waals surface area contributed by atoms with Gasteiger partial charge < -0.3 is 15.5 Å². The molecule has 1 aromatic heterocycles. The molecule has 1 heterocycles. The van der Waals surface area contributed by atoms with Gasteiger partial charge in [0.25, 0.3) is 0 Å². The van der Waals surface area contributed by atoms with Gasteiger partial charge in [-0.3, -0.25) is 5.10 Å². The zero-order valence-electron chi connectivity index (χ0n) is 12.2. The third-order valence-electron chi connectivity index (χ3n) is 4.25. The number of hydrogen-bond donors (Lipinski definition) is 4. The highest BCUT2D eigenvalue weighted by Crippen LogP contribution is 2.43. The Hall–Kier alpha value is -2.63. The van der Waals surface area contributed by atoms with Crippen LogP contribution in [0.1, 0.15) is 17.5 Å². The first-order valence-electron chi connectivity index (χ1n) is 7.38. The standard InChI is InChI=1S/C16H16BN3O2/c17-9-2-1-3-10(6-9)18-16-12-4-8-5-13(21)14(22)7-11(8)15(12)19-20-16/h1-3,5,7,9,21-22H,4,6,17H2,(H2,18,19,20). The summed E-state index contributed by atoms with van der Waals surface area (Å²) in [4.78, 5) is 0. The fourth-order valence-corrected chi connectivity index (χ4v) is 3.14. The highest BCUT2D eigenvalue weighted by Gasteiger charge is 2.26. The summed E-state index contributed by atoms with van der Waals surface area (Å²) in [5.74, 6) is 1.21. The molecule has 0 spiro atoms. The summed E-state index contributed by atoms with van der Waals surface area (Å²) >= 11 is 0. The van der Waals surface area contributed by atoms with Crippen molar-refractivity contribution in [2.24, 2.45) is 0 Å². The lowest BCUT2D eigenvalue weighted by molar-refractivity contribution is 0.403. The van der Waals surface area contributed by atoms with Crippen molar-refractivity contribution >= 4 is 13.7 Å². The number of rotatable bonds is 2. The molecule has 1 atom stereocenters. The van der Waals surface area contributed by atoms with Crippen molar-refractivity contribution in [1.29, 1.82) is 0 Å². The molecular formula is C16H16BN3O2. The van der Waals surface area contributed by atoms with Crippen molar-refractivity contribution < 1.29 is 10.2 Å². The van der Waals surface area contributed by atoms with E-state index >= 15 is 0 Å². The smallest absolute Gasteiger partial charge is 0.158 e. The van der Waals surface area contributed by atoms with Gasteiger partial charge in [-0.15, -0.1) is 0 Å². The summed E-state index contributed by atoms with van der Waals surface area (Å²) < 4.78 is 0. The lowest BCUT2D eigenvalue weighted by atomic mass is 9.81. The maximum atomic E-state index is 9.69. The van der Waals surface area contributed by atoms with E-state index in [-0.39, 0.29) is 11.5 Å². The van der Waals surface area contributed by atoms with Crippen LogP contribution in [0.25, 0.3) is 11.3 Å². The number of hydrogen-bond acceptors (Lipinski definition) is 4. The molecule has 0 saturated heterocycles. The largest absolute Gasteiger partial charge is 0.504 e. The third-order valence-corrected chi connectivity index (χ3v) is 4.25. The van der Waals surface area contributed by atoms with Gasteiger partial charge in [-0.1, -0.05) is 12.2 Å². The number of allylic oxidation sites excluding steroid dienone is 4. The van der Waals surface area contributed by atoms with Crippen molar-refractivity contribution in [2.45, 2.75) is 18.7 Å². The van der Waals surface area contributed by atoms with E-state index in [0.29, 0.717) is 12.2 Å². The van der Waals surface area contributed by atoms with Gasteiger partial charge in [-0.05, 0) is 36.0 Å². The Balaban J connectivity index is 1.67. The van der Waals surface area contributed by atoms with Gasteiger partial charge in [0.15, 0.2) is 11.5 Å². The van der Waals surface area contributed by atoms with Crippen LogP contribution in [0.5, 0.6) is 11.5 Å². The summed E-state index contributed by atoms with van der Waals surface area (Å²) in [5.41, 5.74) is 4.93. The van der Waals surface area contributed by atoms with Gasteiger partial charge in [0.1, 0.15) is 13.7 Å². The lowest BCUT2D eigenvalue weighted by Crippen LogP contribution is -2.06. The second kappa shape index (κ2) is 4.69. The molecule has 0 aliphatic heterocycles. The van der Waals surface area contributed by atoms with E-state index in [9.17, 15) is 10.2 Å². The lowest BCUT2D eigenvalue weighted by Gasteiger charge is -2.16. The van der Waals surface area contributed by atoms with E-state index < -0.39 is 0 Å². The molecule has 22 heavy (non-hydrogen) atoms. The van der Waals surface area contributed by atoms with Crippen LogP contribution in [0.2, 0.25) is 5.82 Å². The summed E-state index contributed by atoms with van der Waals surface area (Å²) in [7, 11) is 2.18. The molecule has 2 aromatic rings. The Bertz CT molecular complexity index is 823. The average molecular weight is 293 g/mol. The number of aromatic hydroxyl groups is 2. The summed E-state index contributed by atoms with van der Waals surface area (Å²) in [6.45, 7) is 0. The number of benzene rings is 1. The molecule has 1 unspecified atom stereocenters. The van der Waals surface area contributed by atoms with Crippen molar-refractivity contribution in [3.63, 3.8) is 0 Å². The number of anilines is 1. The Kier molecular flexibility index (Phi) is 2.79. The van der Waals surface area contributed by atoms with E-state index in [2.05, 4.69) is 41.6 Å². The number of aromatic amines is 1. The molecule has 5 nitrogen and oxygen atoms in total. The van der Waals surface area contributed by atoms with E-state index in [0.717, 1.165) is 40.3 Å². The molecule has 110 valence electrons. The number of nitrogens with one attached hydrogen (secondary N) is 2. The van der Waals surface area contributed by atoms with E-state index in [4.69, 9.17) is 0 Å². The first kappa shape index (κ1) is 13.1. The van der Waals surface area contributed by atoms with Gasteiger partial charge >= 0.3 is 0 Å². The van der Waals surface area contributed by atoms with Crippen molar-refractivity contribution in [1.82, 2.24) is 10.2 Å². The average Bonchev–Trinajstić information content (AvgIpc) is 3.01. The van der Waals surface area contributed by atoms with Crippen molar-refractivity contribution in [2.75, 3.05) is 5.32 Å². The van der Waals surface area contributed by atoms with Crippen molar-refractivity contribution in [3.8, 4) is 22.8 Å². The van der Waals surface area contributed by atoms with E-state index in [1.165, 1.54) is 0 Å². The first-order valence-corrected chi connectivity index (χ1v) is 7.38. The number of aromatic nitrogens is 2. The van der Waals surface area contributed by atoms with Gasteiger partial charge in [0, 0.05) is 23.2 Å². The maximum Gasteiger partial charge on any atom is 0.158 e. The van der Waals surface area contributed by atoms with Crippen LogP contribution < -0.4 is 5.32 Å². The zero-order chi connectivity index (χ0) is 15.3. The number of phenols is 2. The molecule has 1 aromatic carbocycles. The summed E-state index contributed by atoms with van der Waals surface area (Å²) in [6.07, 6.45) is 7.99. The second-order valence-corrected chi connectivity index (χ2v) is 5.98. The van der Waals surface area contributed by atoms with E-state index in [1.54, 1.807) is 12.1 Å². The topological polar surface area (TPSA) is 81.2 Å². The minimum Gasteiger partial charge on any atom is -0.504 e.